The summed E-state index contributed by atoms with van der Waals surface area (Å²) in [5.74, 6) is 0. The molecule has 0 spiro atoms. The molecule has 0 amide bonds. The van der Waals surface area contributed by atoms with E-state index in [1.807, 2.05) is 48.5 Å². The molecule has 2 aromatic carbocycles. The van der Waals surface area contributed by atoms with E-state index in [4.69, 9.17) is 11.6 Å². The first-order chi connectivity index (χ1) is 13.9. The van der Waals surface area contributed by atoms with Gasteiger partial charge in [-0.3, -0.25) is 0 Å². The van der Waals surface area contributed by atoms with Crippen LogP contribution in [-0.2, 0) is 29.5 Å². The van der Waals surface area contributed by atoms with Crippen molar-refractivity contribution in [1.29, 1.82) is 0 Å². The lowest BCUT2D eigenvalue weighted by molar-refractivity contribution is 0.320. The maximum absolute atomic E-state index is 12.7. The molecule has 9 heteroatoms. The van der Waals surface area contributed by atoms with Gasteiger partial charge in [0, 0.05) is 36.0 Å². The molecule has 1 atom stereocenters. The normalized spacial score (nSPS) is 17.1. The molecule has 0 radical (unpaired) electrons. The Bertz CT molecular complexity index is 1080. The van der Waals surface area contributed by atoms with Crippen LogP contribution >= 0.6 is 24.0 Å². The fourth-order valence-electron chi connectivity index (χ4n) is 3.90. The molecule has 0 fully saturated rings. The number of nitrogens with one attached hydrogen (secondary N) is 1. The third-order valence-electron chi connectivity index (χ3n) is 5.20. The van der Waals surface area contributed by atoms with E-state index in [0.717, 1.165) is 22.5 Å². The number of anilines is 1. The van der Waals surface area contributed by atoms with E-state index in [2.05, 4.69) is 14.9 Å². The van der Waals surface area contributed by atoms with Crippen LogP contribution in [0, 0.1) is 0 Å². The van der Waals surface area contributed by atoms with Crippen LogP contribution in [0.2, 0.25) is 5.02 Å². The van der Waals surface area contributed by atoms with Crippen LogP contribution in [-0.4, -0.2) is 41.5 Å². The molecule has 0 saturated carbocycles. The molecule has 4 rings (SSSR count). The number of sulfonamides is 1. The lowest BCUT2D eigenvalue weighted by Crippen LogP contribution is -2.45. The fraction of sp³-hybridized carbons (Fsp3) is 0.286. The van der Waals surface area contributed by atoms with Crippen LogP contribution < -0.4 is 4.90 Å². The van der Waals surface area contributed by atoms with E-state index >= 15 is 0 Å². The van der Waals surface area contributed by atoms with Gasteiger partial charge >= 0.3 is 0 Å². The largest absolute Gasteiger partial charge is 0.364 e. The molecule has 1 N–H and O–H groups in total. The summed E-state index contributed by atoms with van der Waals surface area (Å²) in [6, 6.07) is 15.5. The van der Waals surface area contributed by atoms with Gasteiger partial charge in [0.2, 0.25) is 10.0 Å². The van der Waals surface area contributed by atoms with Crippen LogP contribution in [0.4, 0.5) is 5.69 Å². The summed E-state index contributed by atoms with van der Waals surface area (Å²) >= 11 is 6.25. The summed E-state index contributed by atoms with van der Waals surface area (Å²) in [5.41, 5.74) is 3.97. The number of rotatable bonds is 5. The zero-order chi connectivity index (χ0) is 20.4. The number of halogens is 2. The first-order valence-corrected chi connectivity index (χ1v) is 11.6. The van der Waals surface area contributed by atoms with Gasteiger partial charge in [0.15, 0.2) is 0 Å². The highest BCUT2D eigenvalue weighted by Crippen LogP contribution is 2.32. The van der Waals surface area contributed by atoms with Gasteiger partial charge in [0.1, 0.15) is 0 Å². The van der Waals surface area contributed by atoms with Crippen molar-refractivity contribution in [3.63, 3.8) is 0 Å². The summed E-state index contributed by atoms with van der Waals surface area (Å²) in [5, 5.41) is 0.597. The van der Waals surface area contributed by atoms with Crippen molar-refractivity contribution in [3.05, 3.63) is 82.9 Å². The van der Waals surface area contributed by atoms with E-state index in [9.17, 15) is 8.42 Å². The summed E-state index contributed by atoms with van der Waals surface area (Å²) in [7, 11) is -3.42. The standard InChI is InChI=1S/C21H23ClN4O2S.ClH/c1-29(27,28)26-12-17-10-18(22)7-8-21(17)25(13-19-11-23-15-24-19)14-20(26)9-16-5-3-2-4-6-16;/h2-8,10-11,15,20H,9,12-14H2,1H3,(H,23,24);1H/t20-;/m1./s1. The Morgan fingerprint density at radius 2 is 1.97 bits per heavy atom. The molecule has 1 aliphatic heterocycles. The Morgan fingerprint density at radius 1 is 1.20 bits per heavy atom. The average molecular weight is 467 g/mol. The zero-order valence-electron chi connectivity index (χ0n) is 16.5. The molecular formula is C21H24Cl2N4O2S. The summed E-state index contributed by atoms with van der Waals surface area (Å²) < 4.78 is 27.0. The lowest BCUT2D eigenvalue weighted by Gasteiger charge is -2.31. The van der Waals surface area contributed by atoms with Crippen molar-refractivity contribution in [3.8, 4) is 0 Å². The number of nitrogens with zero attached hydrogens (tertiary/aromatic N) is 3. The molecule has 0 aliphatic carbocycles. The minimum Gasteiger partial charge on any atom is -0.364 e. The Hall–Kier alpha value is -2.06. The van der Waals surface area contributed by atoms with Crippen molar-refractivity contribution in [1.82, 2.24) is 14.3 Å². The number of benzene rings is 2. The molecule has 1 aromatic heterocycles. The van der Waals surface area contributed by atoms with Gasteiger partial charge in [-0.25, -0.2) is 13.4 Å². The molecule has 160 valence electrons. The SMILES string of the molecule is CS(=O)(=O)N1Cc2cc(Cl)ccc2N(Cc2cnc[nH]2)C[C@H]1Cc1ccccc1.Cl. The highest BCUT2D eigenvalue weighted by molar-refractivity contribution is 7.88. The molecule has 0 saturated heterocycles. The predicted octanol–water partition coefficient (Wildman–Crippen LogP) is 3.88. The molecule has 0 bridgehead atoms. The van der Waals surface area contributed by atoms with Gasteiger partial charge in [-0.15, -0.1) is 12.4 Å². The number of H-pyrrole nitrogens is 1. The maximum Gasteiger partial charge on any atom is 0.211 e. The van der Waals surface area contributed by atoms with Gasteiger partial charge in [0.25, 0.3) is 0 Å². The second-order valence-corrected chi connectivity index (χ2v) is 9.75. The number of imidazole rings is 1. The minimum absolute atomic E-state index is 0. The third-order valence-corrected chi connectivity index (χ3v) is 6.72. The third kappa shape index (κ3) is 5.16. The second-order valence-electron chi connectivity index (χ2n) is 7.38. The van der Waals surface area contributed by atoms with Crippen LogP contribution in [0.15, 0.2) is 61.1 Å². The molecule has 2 heterocycles. The van der Waals surface area contributed by atoms with Crippen molar-refractivity contribution >= 4 is 39.7 Å². The smallest absolute Gasteiger partial charge is 0.211 e. The van der Waals surface area contributed by atoms with Crippen molar-refractivity contribution in [2.45, 2.75) is 25.6 Å². The molecule has 3 aromatic rings. The van der Waals surface area contributed by atoms with Crippen LogP contribution in [0.5, 0.6) is 0 Å². The van der Waals surface area contributed by atoms with E-state index in [0.29, 0.717) is 31.1 Å². The summed E-state index contributed by atoms with van der Waals surface area (Å²) in [6.45, 7) is 1.47. The van der Waals surface area contributed by atoms with E-state index in [1.165, 1.54) is 6.26 Å². The van der Waals surface area contributed by atoms with Crippen molar-refractivity contribution in [2.24, 2.45) is 0 Å². The quantitative estimate of drug-likeness (QED) is 0.619. The maximum atomic E-state index is 12.7. The monoisotopic (exact) mass is 466 g/mol. The van der Waals surface area contributed by atoms with Crippen LogP contribution in [0.1, 0.15) is 16.8 Å². The van der Waals surface area contributed by atoms with Crippen molar-refractivity contribution in [2.75, 3.05) is 17.7 Å². The number of fused-ring (bicyclic) bond motifs is 1. The van der Waals surface area contributed by atoms with Crippen LogP contribution in [0.25, 0.3) is 0 Å². The first kappa shape index (κ1) is 22.6. The van der Waals surface area contributed by atoms with Gasteiger partial charge in [0.05, 0.1) is 24.8 Å². The van der Waals surface area contributed by atoms with Gasteiger partial charge in [-0.2, -0.15) is 4.31 Å². The van der Waals surface area contributed by atoms with E-state index in [-0.39, 0.29) is 18.4 Å². The Labute approximate surface area is 188 Å². The Balaban J connectivity index is 0.00000256. The molecule has 0 unspecified atom stereocenters. The number of aromatic amines is 1. The lowest BCUT2D eigenvalue weighted by atomic mass is 10.1. The van der Waals surface area contributed by atoms with Gasteiger partial charge in [-0.05, 0) is 35.7 Å². The molecular weight excluding hydrogens is 443 g/mol. The first-order valence-electron chi connectivity index (χ1n) is 9.41. The molecule has 1 aliphatic rings. The average Bonchev–Trinajstić information content (AvgIpc) is 3.13. The number of hydrogen-bond donors (Lipinski definition) is 1. The fourth-order valence-corrected chi connectivity index (χ4v) is 5.15. The highest BCUT2D eigenvalue weighted by atomic mass is 35.5. The number of hydrogen-bond acceptors (Lipinski definition) is 4. The van der Waals surface area contributed by atoms with Gasteiger partial charge in [-0.1, -0.05) is 41.9 Å². The zero-order valence-corrected chi connectivity index (χ0v) is 18.9. The summed E-state index contributed by atoms with van der Waals surface area (Å²) in [4.78, 5) is 9.46. The highest BCUT2D eigenvalue weighted by Gasteiger charge is 2.33. The summed E-state index contributed by atoms with van der Waals surface area (Å²) in [6.07, 6.45) is 5.36. The molecule has 6 nitrogen and oxygen atoms in total. The second kappa shape index (κ2) is 9.39. The Kier molecular flexibility index (Phi) is 7.08. The molecule has 30 heavy (non-hydrogen) atoms. The van der Waals surface area contributed by atoms with E-state index < -0.39 is 10.0 Å². The van der Waals surface area contributed by atoms with Crippen LogP contribution in [0.3, 0.4) is 0 Å². The van der Waals surface area contributed by atoms with Crippen molar-refractivity contribution < 1.29 is 8.42 Å². The van der Waals surface area contributed by atoms with Gasteiger partial charge < -0.3 is 9.88 Å². The number of aromatic nitrogens is 2. The van der Waals surface area contributed by atoms with E-state index in [1.54, 1.807) is 16.8 Å². The predicted molar refractivity (Wildman–Crippen MR) is 123 cm³/mol. The minimum atomic E-state index is -3.42. The topological polar surface area (TPSA) is 69.3 Å². The Morgan fingerprint density at radius 3 is 2.63 bits per heavy atom.